The van der Waals surface area contributed by atoms with Crippen LogP contribution in [0, 0.1) is 5.92 Å². The molecule has 0 aromatic rings. The highest BCUT2D eigenvalue weighted by molar-refractivity contribution is 5.81. The summed E-state index contributed by atoms with van der Waals surface area (Å²) in [5.41, 5.74) is 0. The van der Waals surface area contributed by atoms with Crippen LogP contribution in [0.3, 0.4) is 0 Å². The molecule has 17 heavy (non-hydrogen) atoms. The molecule has 2 unspecified atom stereocenters. The minimum absolute atomic E-state index is 0.277. The van der Waals surface area contributed by atoms with E-state index in [2.05, 4.69) is 11.9 Å². The third-order valence-electron chi connectivity index (χ3n) is 3.78. The SMILES string of the molecule is C=CCCCCC(=O)C1CC2COCC(C1)N2. The number of rotatable bonds is 6. The zero-order valence-corrected chi connectivity index (χ0v) is 10.5. The molecule has 2 aliphatic heterocycles. The van der Waals surface area contributed by atoms with Crippen molar-refractivity contribution < 1.29 is 9.53 Å². The van der Waals surface area contributed by atoms with E-state index in [1.54, 1.807) is 0 Å². The summed E-state index contributed by atoms with van der Waals surface area (Å²) < 4.78 is 5.49. The number of ketones is 1. The van der Waals surface area contributed by atoms with E-state index in [-0.39, 0.29) is 5.92 Å². The summed E-state index contributed by atoms with van der Waals surface area (Å²) in [7, 11) is 0. The van der Waals surface area contributed by atoms with E-state index in [1.165, 1.54) is 0 Å². The summed E-state index contributed by atoms with van der Waals surface area (Å²) in [6.45, 7) is 5.25. The van der Waals surface area contributed by atoms with Gasteiger partial charge in [-0.25, -0.2) is 0 Å². The largest absolute Gasteiger partial charge is 0.378 e. The van der Waals surface area contributed by atoms with Gasteiger partial charge in [-0.2, -0.15) is 0 Å². The van der Waals surface area contributed by atoms with Crippen LogP contribution in [-0.4, -0.2) is 31.1 Å². The van der Waals surface area contributed by atoms with Gasteiger partial charge < -0.3 is 10.1 Å². The number of Topliss-reactive ketones (excluding diaryl/α,β-unsaturated/α-hetero) is 1. The molecule has 2 heterocycles. The van der Waals surface area contributed by atoms with Crippen molar-refractivity contribution in [3.05, 3.63) is 12.7 Å². The molecular formula is C14H23NO2. The van der Waals surface area contributed by atoms with Crippen LogP contribution in [0.2, 0.25) is 0 Å². The Morgan fingerprint density at radius 3 is 2.65 bits per heavy atom. The number of hydrogen-bond acceptors (Lipinski definition) is 3. The van der Waals surface area contributed by atoms with Gasteiger partial charge in [0.1, 0.15) is 5.78 Å². The van der Waals surface area contributed by atoms with E-state index in [4.69, 9.17) is 4.74 Å². The highest BCUT2D eigenvalue weighted by Crippen LogP contribution is 2.26. The highest BCUT2D eigenvalue weighted by atomic mass is 16.5. The smallest absolute Gasteiger partial charge is 0.136 e. The molecule has 2 atom stereocenters. The average Bonchev–Trinajstić information content (AvgIpc) is 2.34. The van der Waals surface area contributed by atoms with Gasteiger partial charge in [-0.3, -0.25) is 4.79 Å². The second-order valence-electron chi connectivity index (χ2n) is 5.27. The highest BCUT2D eigenvalue weighted by Gasteiger charge is 2.34. The fourth-order valence-electron chi connectivity index (χ4n) is 2.89. The van der Waals surface area contributed by atoms with Crippen molar-refractivity contribution in [1.29, 1.82) is 0 Å². The first-order chi connectivity index (χ1) is 8.29. The fraction of sp³-hybridized carbons (Fsp3) is 0.786. The summed E-state index contributed by atoms with van der Waals surface area (Å²) in [5, 5.41) is 3.52. The van der Waals surface area contributed by atoms with Gasteiger partial charge in [0.2, 0.25) is 0 Å². The number of morpholine rings is 1. The number of ether oxygens (including phenoxy) is 1. The molecule has 0 amide bonds. The number of hydrogen-bond donors (Lipinski definition) is 1. The molecule has 0 saturated carbocycles. The molecule has 0 aromatic carbocycles. The van der Waals surface area contributed by atoms with Crippen LogP contribution in [0.4, 0.5) is 0 Å². The van der Waals surface area contributed by atoms with E-state index in [0.29, 0.717) is 17.9 Å². The lowest BCUT2D eigenvalue weighted by Crippen LogP contribution is -2.55. The van der Waals surface area contributed by atoms with Gasteiger partial charge in [-0.1, -0.05) is 6.08 Å². The lowest BCUT2D eigenvalue weighted by molar-refractivity contribution is -0.126. The molecular weight excluding hydrogens is 214 g/mol. The quantitative estimate of drug-likeness (QED) is 0.568. The first-order valence-corrected chi connectivity index (χ1v) is 6.77. The van der Waals surface area contributed by atoms with Crippen molar-refractivity contribution >= 4 is 5.78 Å². The summed E-state index contributed by atoms with van der Waals surface area (Å²) in [4.78, 5) is 12.1. The molecule has 3 heteroatoms. The van der Waals surface area contributed by atoms with Gasteiger partial charge in [0.25, 0.3) is 0 Å². The Bertz CT molecular complexity index is 265. The number of piperidine rings is 1. The van der Waals surface area contributed by atoms with Gasteiger partial charge in [-0.05, 0) is 32.1 Å². The molecule has 96 valence electrons. The van der Waals surface area contributed by atoms with Crippen molar-refractivity contribution in [2.75, 3.05) is 13.2 Å². The predicted molar refractivity (Wildman–Crippen MR) is 67.9 cm³/mol. The van der Waals surface area contributed by atoms with Crippen LogP contribution in [0.5, 0.6) is 0 Å². The molecule has 2 saturated heterocycles. The third kappa shape index (κ3) is 3.65. The monoisotopic (exact) mass is 237 g/mol. The van der Waals surface area contributed by atoms with E-state index in [1.807, 2.05) is 6.08 Å². The molecule has 0 aliphatic carbocycles. The lowest BCUT2D eigenvalue weighted by atomic mass is 9.83. The minimum atomic E-state index is 0.277. The second-order valence-corrected chi connectivity index (χ2v) is 5.27. The second kappa shape index (κ2) is 6.31. The number of fused-ring (bicyclic) bond motifs is 2. The van der Waals surface area contributed by atoms with Crippen molar-refractivity contribution in [2.45, 2.75) is 50.6 Å². The number of nitrogens with one attached hydrogen (secondary N) is 1. The van der Waals surface area contributed by atoms with E-state index in [0.717, 1.165) is 51.7 Å². The van der Waals surface area contributed by atoms with Crippen molar-refractivity contribution in [2.24, 2.45) is 5.92 Å². The van der Waals surface area contributed by atoms with Crippen LogP contribution in [-0.2, 0) is 9.53 Å². The van der Waals surface area contributed by atoms with Gasteiger partial charge in [-0.15, -0.1) is 6.58 Å². The van der Waals surface area contributed by atoms with Crippen LogP contribution in [0.1, 0.15) is 38.5 Å². The van der Waals surface area contributed by atoms with Crippen LogP contribution < -0.4 is 5.32 Å². The molecule has 2 bridgehead atoms. The lowest BCUT2D eigenvalue weighted by Gasteiger charge is -2.39. The Labute approximate surface area is 104 Å². The maximum absolute atomic E-state index is 12.1. The zero-order valence-electron chi connectivity index (χ0n) is 10.5. The van der Waals surface area contributed by atoms with Gasteiger partial charge in [0, 0.05) is 24.4 Å². The summed E-state index contributed by atoms with van der Waals surface area (Å²) >= 11 is 0. The first kappa shape index (κ1) is 12.8. The fourth-order valence-corrected chi connectivity index (χ4v) is 2.89. The minimum Gasteiger partial charge on any atom is -0.378 e. The van der Waals surface area contributed by atoms with Crippen molar-refractivity contribution in [1.82, 2.24) is 5.32 Å². The van der Waals surface area contributed by atoms with E-state index >= 15 is 0 Å². The number of unbranched alkanes of at least 4 members (excludes halogenated alkanes) is 2. The molecule has 0 spiro atoms. The predicted octanol–water partition coefficient (Wildman–Crippen LogP) is 2.07. The van der Waals surface area contributed by atoms with E-state index in [9.17, 15) is 4.79 Å². The van der Waals surface area contributed by atoms with Gasteiger partial charge in [0.15, 0.2) is 0 Å². The third-order valence-corrected chi connectivity index (χ3v) is 3.78. The molecule has 2 rings (SSSR count). The Morgan fingerprint density at radius 2 is 2.00 bits per heavy atom. The maximum Gasteiger partial charge on any atom is 0.136 e. The van der Waals surface area contributed by atoms with Gasteiger partial charge >= 0.3 is 0 Å². The number of carbonyl (C=O) groups excluding carboxylic acids is 1. The normalized spacial score (nSPS) is 32.1. The molecule has 3 nitrogen and oxygen atoms in total. The van der Waals surface area contributed by atoms with Crippen LogP contribution in [0.25, 0.3) is 0 Å². The summed E-state index contributed by atoms with van der Waals surface area (Å²) in [6, 6.07) is 0.814. The van der Waals surface area contributed by atoms with Gasteiger partial charge in [0.05, 0.1) is 13.2 Å². The van der Waals surface area contributed by atoms with Crippen molar-refractivity contribution in [3.63, 3.8) is 0 Å². The molecule has 2 fully saturated rings. The summed E-state index contributed by atoms with van der Waals surface area (Å²) in [6.07, 6.45) is 7.75. The Kier molecular flexibility index (Phi) is 4.75. The van der Waals surface area contributed by atoms with E-state index < -0.39 is 0 Å². The molecule has 1 N–H and O–H groups in total. The van der Waals surface area contributed by atoms with Crippen LogP contribution in [0.15, 0.2) is 12.7 Å². The van der Waals surface area contributed by atoms with Crippen molar-refractivity contribution in [3.8, 4) is 0 Å². The maximum atomic E-state index is 12.1. The van der Waals surface area contributed by atoms with Crippen LogP contribution >= 0.6 is 0 Å². The molecule has 2 aliphatic rings. The Hall–Kier alpha value is -0.670. The molecule has 0 radical (unpaired) electrons. The Balaban J connectivity index is 1.73. The zero-order chi connectivity index (χ0) is 12.1. The number of allylic oxidation sites excluding steroid dienone is 1. The standard InChI is InChI=1S/C14H23NO2/c1-2-3-4-5-6-14(16)11-7-12-9-17-10-13(8-11)15-12/h2,11-13,15H,1,3-10H2. The number of carbonyl (C=O) groups is 1. The molecule has 0 aromatic heterocycles. The Morgan fingerprint density at radius 1 is 1.29 bits per heavy atom. The first-order valence-electron chi connectivity index (χ1n) is 6.77. The summed E-state index contributed by atoms with van der Waals surface area (Å²) in [5.74, 6) is 0.742. The topological polar surface area (TPSA) is 38.3 Å². The average molecular weight is 237 g/mol.